The quantitative estimate of drug-likeness (QED) is 0.901. The first-order valence-electron chi connectivity index (χ1n) is 6.80. The summed E-state index contributed by atoms with van der Waals surface area (Å²) in [6.07, 6.45) is 4.67. The minimum absolute atomic E-state index is 0.0704. The summed E-state index contributed by atoms with van der Waals surface area (Å²) in [7, 11) is 0. The van der Waals surface area contributed by atoms with Crippen molar-refractivity contribution in [3.8, 4) is 0 Å². The Hall–Kier alpha value is -1.49. The first-order valence-corrected chi connectivity index (χ1v) is 6.80. The Kier molecular flexibility index (Phi) is 4.85. The molecule has 19 heavy (non-hydrogen) atoms. The zero-order valence-corrected chi connectivity index (χ0v) is 11.2. The molecule has 0 radical (unpaired) electrons. The molecule has 1 aromatic rings. The van der Waals surface area contributed by atoms with Crippen LogP contribution in [0, 0.1) is 11.7 Å². The third kappa shape index (κ3) is 3.73. The highest BCUT2D eigenvalue weighted by Gasteiger charge is 2.19. The lowest BCUT2D eigenvalue weighted by molar-refractivity contribution is 0.0932. The van der Waals surface area contributed by atoms with Crippen LogP contribution in [0.4, 0.5) is 4.39 Å². The third-order valence-electron chi connectivity index (χ3n) is 3.72. The van der Waals surface area contributed by atoms with E-state index in [1.165, 1.54) is 12.3 Å². The van der Waals surface area contributed by atoms with Gasteiger partial charge in [-0.2, -0.15) is 0 Å². The van der Waals surface area contributed by atoms with Gasteiger partial charge in [0.1, 0.15) is 0 Å². The predicted molar refractivity (Wildman–Crippen MR) is 71.4 cm³/mol. The monoisotopic (exact) mass is 265 g/mol. The molecule has 1 fully saturated rings. The van der Waals surface area contributed by atoms with Gasteiger partial charge < -0.3 is 10.2 Å². The molecule has 0 spiro atoms. The van der Waals surface area contributed by atoms with Crippen molar-refractivity contribution in [2.45, 2.75) is 19.8 Å². The molecule has 1 saturated heterocycles. The van der Waals surface area contributed by atoms with Gasteiger partial charge in [0.2, 0.25) is 0 Å². The van der Waals surface area contributed by atoms with Crippen LogP contribution in [-0.4, -0.2) is 42.0 Å². The van der Waals surface area contributed by atoms with E-state index in [-0.39, 0.29) is 11.5 Å². The molecule has 0 aromatic carbocycles. The first-order chi connectivity index (χ1) is 9.20. The molecule has 0 bridgehead atoms. The molecule has 104 valence electrons. The Morgan fingerprint density at radius 1 is 1.53 bits per heavy atom. The fraction of sp³-hybridized carbons (Fsp3) is 0.571. The van der Waals surface area contributed by atoms with Crippen LogP contribution in [-0.2, 0) is 0 Å². The van der Waals surface area contributed by atoms with Crippen LogP contribution < -0.4 is 5.32 Å². The van der Waals surface area contributed by atoms with E-state index in [1.54, 1.807) is 0 Å². The van der Waals surface area contributed by atoms with E-state index >= 15 is 0 Å². The molecule has 1 N–H and O–H groups in total. The summed E-state index contributed by atoms with van der Waals surface area (Å²) in [4.78, 5) is 17.9. The smallest absolute Gasteiger partial charge is 0.254 e. The number of nitrogens with zero attached hydrogens (tertiary/aromatic N) is 2. The summed E-state index contributed by atoms with van der Waals surface area (Å²) in [5.41, 5.74) is 0.0704. The van der Waals surface area contributed by atoms with E-state index in [9.17, 15) is 9.18 Å². The number of rotatable bonds is 4. The second-order valence-electron chi connectivity index (χ2n) is 4.94. The van der Waals surface area contributed by atoms with Crippen molar-refractivity contribution in [3.63, 3.8) is 0 Å². The zero-order chi connectivity index (χ0) is 13.7. The van der Waals surface area contributed by atoms with Crippen LogP contribution in [0.15, 0.2) is 18.5 Å². The van der Waals surface area contributed by atoms with Crippen molar-refractivity contribution in [2.75, 3.05) is 26.2 Å². The van der Waals surface area contributed by atoms with Crippen LogP contribution in [0.1, 0.15) is 30.1 Å². The van der Waals surface area contributed by atoms with Crippen LogP contribution in [0.5, 0.6) is 0 Å². The standard InChI is InChI=1S/C14H20FN3O/c1-2-18-7-4-11(5-8-18)9-17-14(19)12-3-6-16-10-13(12)15/h3,6,10-11H,2,4-5,7-9H2,1H3,(H,17,19). The Balaban J connectivity index is 1.80. The van der Waals surface area contributed by atoms with Crippen LogP contribution >= 0.6 is 0 Å². The number of likely N-dealkylation sites (tertiary alicyclic amines) is 1. The summed E-state index contributed by atoms with van der Waals surface area (Å²) < 4.78 is 13.4. The lowest BCUT2D eigenvalue weighted by Crippen LogP contribution is -2.38. The van der Waals surface area contributed by atoms with Crippen LogP contribution in [0.25, 0.3) is 0 Å². The van der Waals surface area contributed by atoms with Gasteiger partial charge in [-0.3, -0.25) is 9.78 Å². The summed E-state index contributed by atoms with van der Waals surface area (Å²) in [5, 5.41) is 2.82. The maximum absolute atomic E-state index is 13.4. The number of carbonyl (C=O) groups excluding carboxylic acids is 1. The van der Waals surface area contributed by atoms with Gasteiger partial charge in [-0.15, -0.1) is 0 Å². The predicted octanol–water partition coefficient (Wildman–Crippen LogP) is 1.68. The second-order valence-corrected chi connectivity index (χ2v) is 4.94. The minimum atomic E-state index is -0.569. The molecule has 1 aliphatic rings. The Bertz CT molecular complexity index is 430. The van der Waals surface area contributed by atoms with E-state index < -0.39 is 5.82 Å². The fourth-order valence-electron chi connectivity index (χ4n) is 2.40. The topological polar surface area (TPSA) is 45.2 Å². The van der Waals surface area contributed by atoms with Crippen molar-refractivity contribution in [3.05, 3.63) is 29.8 Å². The number of piperidine rings is 1. The van der Waals surface area contributed by atoms with Crippen molar-refractivity contribution in [1.82, 2.24) is 15.2 Å². The molecule has 1 aliphatic heterocycles. The Labute approximate surface area is 113 Å². The number of hydrogen-bond acceptors (Lipinski definition) is 3. The van der Waals surface area contributed by atoms with Gasteiger partial charge in [-0.05, 0) is 44.5 Å². The lowest BCUT2D eigenvalue weighted by atomic mass is 9.97. The molecular weight excluding hydrogens is 245 g/mol. The lowest BCUT2D eigenvalue weighted by Gasteiger charge is -2.31. The van der Waals surface area contributed by atoms with Crippen molar-refractivity contribution in [2.24, 2.45) is 5.92 Å². The summed E-state index contributed by atoms with van der Waals surface area (Å²) in [6, 6.07) is 1.41. The van der Waals surface area contributed by atoms with Gasteiger partial charge in [-0.25, -0.2) is 4.39 Å². The first kappa shape index (κ1) is 13.9. The molecular formula is C14H20FN3O. The minimum Gasteiger partial charge on any atom is -0.352 e. The van der Waals surface area contributed by atoms with Gasteiger partial charge in [0, 0.05) is 12.7 Å². The van der Waals surface area contributed by atoms with Crippen LogP contribution in [0.3, 0.4) is 0 Å². The molecule has 5 heteroatoms. The molecule has 2 rings (SSSR count). The molecule has 2 heterocycles. The number of aromatic nitrogens is 1. The summed E-state index contributed by atoms with van der Waals surface area (Å²) >= 11 is 0. The highest BCUT2D eigenvalue weighted by Crippen LogP contribution is 2.16. The average Bonchev–Trinajstić information content (AvgIpc) is 2.46. The largest absolute Gasteiger partial charge is 0.352 e. The zero-order valence-electron chi connectivity index (χ0n) is 11.2. The van der Waals surface area contributed by atoms with E-state index in [1.807, 2.05) is 0 Å². The molecule has 1 aromatic heterocycles. The van der Waals surface area contributed by atoms with E-state index in [4.69, 9.17) is 0 Å². The van der Waals surface area contributed by atoms with E-state index in [2.05, 4.69) is 22.1 Å². The third-order valence-corrected chi connectivity index (χ3v) is 3.72. The van der Waals surface area contributed by atoms with Crippen molar-refractivity contribution >= 4 is 5.91 Å². The van der Waals surface area contributed by atoms with Crippen molar-refractivity contribution in [1.29, 1.82) is 0 Å². The molecule has 0 aliphatic carbocycles. The van der Waals surface area contributed by atoms with Gasteiger partial charge in [-0.1, -0.05) is 6.92 Å². The second kappa shape index (κ2) is 6.61. The van der Waals surface area contributed by atoms with E-state index in [0.29, 0.717) is 12.5 Å². The van der Waals surface area contributed by atoms with Crippen molar-refractivity contribution < 1.29 is 9.18 Å². The maximum atomic E-state index is 13.4. The van der Waals surface area contributed by atoms with Gasteiger partial charge in [0.05, 0.1) is 11.8 Å². The highest BCUT2D eigenvalue weighted by atomic mass is 19.1. The number of hydrogen-bond donors (Lipinski definition) is 1. The SMILES string of the molecule is CCN1CCC(CNC(=O)c2ccncc2F)CC1. The maximum Gasteiger partial charge on any atom is 0.254 e. The molecule has 0 saturated carbocycles. The normalized spacial score (nSPS) is 17.4. The summed E-state index contributed by atoms with van der Waals surface area (Å²) in [6.45, 7) is 6.04. The Morgan fingerprint density at radius 3 is 2.89 bits per heavy atom. The number of halogens is 1. The number of carbonyl (C=O) groups is 1. The average molecular weight is 265 g/mol. The molecule has 1 amide bonds. The fourth-order valence-corrected chi connectivity index (χ4v) is 2.40. The molecule has 4 nitrogen and oxygen atoms in total. The van der Waals surface area contributed by atoms with Crippen LogP contribution in [0.2, 0.25) is 0 Å². The summed E-state index contributed by atoms with van der Waals surface area (Å²) in [5.74, 6) is -0.421. The Morgan fingerprint density at radius 2 is 2.26 bits per heavy atom. The number of amides is 1. The van der Waals surface area contributed by atoms with Gasteiger partial charge in [0.25, 0.3) is 5.91 Å². The van der Waals surface area contributed by atoms with Gasteiger partial charge >= 0.3 is 0 Å². The van der Waals surface area contributed by atoms with Gasteiger partial charge in [0.15, 0.2) is 5.82 Å². The highest BCUT2D eigenvalue weighted by molar-refractivity contribution is 5.94. The number of pyridine rings is 1. The molecule has 0 atom stereocenters. The number of nitrogens with one attached hydrogen (secondary N) is 1. The molecule has 0 unspecified atom stereocenters. The van der Waals surface area contributed by atoms with E-state index in [0.717, 1.165) is 38.7 Å².